The molecule has 0 unspecified atom stereocenters. The molecule has 120 valence electrons. The van der Waals surface area contributed by atoms with Crippen LogP contribution in [0.1, 0.15) is 10.4 Å². The molecule has 0 spiro atoms. The van der Waals surface area contributed by atoms with Crippen LogP contribution in [0.4, 0.5) is 0 Å². The van der Waals surface area contributed by atoms with Crippen LogP contribution < -0.4 is 10.1 Å². The zero-order valence-electron chi connectivity index (χ0n) is 12.7. The van der Waals surface area contributed by atoms with Crippen LogP contribution in [0.3, 0.4) is 0 Å². The molecule has 0 aliphatic rings. The highest BCUT2D eigenvalue weighted by atomic mass is 79.9. The Labute approximate surface area is 147 Å². The van der Waals surface area contributed by atoms with Gasteiger partial charge in [-0.2, -0.15) is 0 Å². The minimum atomic E-state index is -0.172. The van der Waals surface area contributed by atoms with Crippen LogP contribution >= 0.6 is 15.9 Å². The van der Waals surface area contributed by atoms with E-state index in [1.807, 2.05) is 24.3 Å². The van der Waals surface area contributed by atoms with Crippen molar-refractivity contribution < 1.29 is 9.53 Å². The van der Waals surface area contributed by atoms with Crippen molar-refractivity contribution in [1.29, 1.82) is 0 Å². The van der Waals surface area contributed by atoms with Crippen LogP contribution in [0.15, 0.2) is 53.3 Å². The van der Waals surface area contributed by atoms with Crippen LogP contribution in [-0.4, -0.2) is 29.0 Å². The molecule has 3 aromatic rings. The summed E-state index contributed by atoms with van der Waals surface area (Å²) in [5.74, 6) is 6.30. The summed E-state index contributed by atoms with van der Waals surface area (Å²) in [4.78, 5) is 19.2. The maximum Gasteiger partial charge on any atom is 0.252 e. The van der Waals surface area contributed by atoms with Gasteiger partial charge in [0, 0.05) is 10.0 Å². The summed E-state index contributed by atoms with van der Waals surface area (Å²) in [7, 11) is 0. The van der Waals surface area contributed by atoms with E-state index in [0.29, 0.717) is 5.56 Å². The number of nitrogens with one attached hydrogen (secondary N) is 2. The van der Waals surface area contributed by atoms with E-state index in [4.69, 9.17) is 4.74 Å². The van der Waals surface area contributed by atoms with Crippen molar-refractivity contribution in [3.05, 3.63) is 58.8 Å². The van der Waals surface area contributed by atoms with Gasteiger partial charge in [-0.3, -0.25) is 4.79 Å². The lowest BCUT2D eigenvalue weighted by molar-refractivity contribution is 0.0959. The summed E-state index contributed by atoms with van der Waals surface area (Å²) >= 11 is 3.38. The number of H-pyrrole nitrogens is 1. The van der Waals surface area contributed by atoms with Gasteiger partial charge >= 0.3 is 0 Å². The predicted octanol–water partition coefficient (Wildman–Crippen LogP) is 3.14. The number of aromatic amines is 1. The summed E-state index contributed by atoms with van der Waals surface area (Å²) in [5, 5.41) is 2.75. The number of rotatable bonds is 4. The highest BCUT2D eigenvalue weighted by molar-refractivity contribution is 9.10. The fraction of sp³-hybridized carbons (Fsp3) is 0.111. The van der Waals surface area contributed by atoms with Gasteiger partial charge in [0.05, 0.1) is 23.9 Å². The van der Waals surface area contributed by atoms with Gasteiger partial charge in [0.1, 0.15) is 12.4 Å². The molecule has 0 saturated carbocycles. The summed E-state index contributed by atoms with van der Waals surface area (Å²) in [5.41, 5.74) is 2.23. The molecule has 2 N–H and O–H groups in total. The second-order valence-corrected chi connectivity index (χ2v) is 5.83. The minimum absolute atomic E-state index is 0.172. The Hall–Kier alpha value is -2.78. The predicted molar refractivity (Wildman–Crippen MR) is 95.8 cm³/mol. The molecule has 0 aliphatic carbocycles. The van der Waals surface area contributed by atoms with Crippen molar-refractivity contribution in [2.75, 3.05) is 13.2 Å². The van der Waals surface area contributed by atoms with E-state index in [0.717, 1.165) is 21.3 Å². The average molecular weight is 384 g/mol. The molecule has 5 nitrogen and oxygen atoms in total. The Bertz CT molecular complexity index is 924. The highest BCUT2D eigenvalue weighted by Crippen LogP contribution is 2.17. The molecule has 3 rings (SSSR count). The Morgan fingerprint density at radius 3 is 3.04 bits per heavy atom. The molecule has 0 atom stereocenters. The topological polar surface area (TPSA) is 67.0 Å². The molecule has 0 bridgehead atoms. The minimum Gasteiger partial charge on any atom is -0.481 e. The SMILES string of the molecule is O=C(NCC#CCOc1cccc(Br)c1)c1ccc2nc[nH]c2c1. The summed E-state index contributed by atoms with van der Waals surface area (Å²) in [6.45, 7) is 0.536. The fourth-order valence-corrected chi connectivity index (χ4v) is 2.47. The Kier molecular flexibility index (Phi) is 5.14. The van der Waals surface area contributed by atoms with Gasteiger partial charge in [-0.05, 0) is 36.4 Å². The van der Waals surface area contributed by atoms with Crippen molar-refractivity contribution in [1.82, 2.24) is 15.3 Å². The molecule has 0 radical (unpaired) electrons. The Morgan fingerprint density at radius 2 is 2.17 bits per heavy atom. The number of aromatic nitrogens is 2. The third-order valence-electron chi connectivity index (χ3n) is 3.25. The second kappa shape index (κ2) is 7.66. The molecule has 1 heterocycles. The van der Waals surface area contributed by atoms with Gasteiger partial charge in [-0.1, -0.05) is 33.8 Å². The molecule has 0 aliphatic heterocycles. The lowest BCUT2D eigenvalue weighted by Crippen LogP contribution is -2.23. The third kappa shape index (κ3) is 4.15. The van der Waals surface area contributed by atoms with Gasteiger partial charge in [-0.15, -0.1) is 0 Å². The van der Waals surface area contributed by atoms with Crippen molar-refractivity contribution in [2.45, 2.75) is 0 Å². The zero-order valence-corrected chi connectivity index (χ0v) is 14.3. The maximum atomic E-state index is 12.1. The molecular formula is C18H14BrN3O2. The summed E-state index contributed by atoms with van der Waals surface area (Å²) in [6, 6.07) is 12.9. The molecule has 0 fully saturated rings. The first kappa shape index (κ1) is 16.1. The van der Waals surface area contributed by atoms with E-state index >= 15 is 0 Å². The third-order valence-corrected chi connectivity index (χ3v) is 3.75. The van der Waals surface area contributed by atoms with E-state index in [9.17, 15) is 4.79 Å². The molecule has 24 heavy (non-hydrogen) atoms. The van der Waals surface area contributed by atoms with Gasteiger partial charge < -0.3 is 15.0 Å². The lowest BCUT2D eigenvalue weighted by atomic mass is 10.2. The number of amides is 1. The molecule has 6 heteroatoms. The number of ether oxygens (including phenoxy) is 1. The molecule has 0 saturated heterocycles. The zero-order chi connectivity index (χ0) is 16.8. The van der Waals surface area contributed by atoms with Crippen molar-refractivity contribution in [2.24, 2.45) is 0 Å². The van der Waals surface area contributed by atoms with E-state index in [-0.39, 0.29) is 19.1 Å². The monoisotopic (exact) mass is 383 g/mol. The Morgan fingerprint density at radius 1 is 1.25 bits per heavy atom. The second-order valence-electron chi connectivity index (χ2n) is 4.92. The van der Waals surface area contributed by atoms with Crippen LogP contribution in [-0.2, 0) is 0 Å². The molecular weight excluding hydrogens is 370 g/mol. The smallest absolute Gasteiger partial charge is 0.252 e. The average Bonchev–Trinajstić information content (AvgIpc) is 3.05. The molecule has 2 aromatic carbocycles. The van der Waals surface area contributed by atoms with Crippen molar-refractivity contribution in [3.8, 4) is 17.6 Å². The number of halogens is 1. The first-order valence-corrected chi connectivity index (χ1v) is 8.07. The number of hydrogen-bond acceptors (Lipinski definition) is 3. The van der Waals surface area contributed by atoms with E-state index in [1.54, 1.807) is 24.5 Å². The normalized spacial score (nSPS) is 10.0. The van der Waals surface area contributed by atoms with Crippen LogP contribution in [0.25, 0.3) is 11.0 Å². The van der Waals surface area contributed by atoms with Gasteiger partial charge in [0.15, 0.2) is 0 Å². The molecule has 1 amide bonds. The van der Waals surface area contributed by atoms with E-state index in [1.165, 1.54) is 0 Å². The number of benzene rings is 2. The van der Waals surface area contributed by atoms with Crippen molar-refractivity contribution >= 4 is 32.9 Å². The Balaban J connectivity index is 1.47. The van der Waals surface area contributed by atoms with Crippen LogP contribution in [0.2, 0.25) is 0 Å². The number of carbonyl (C=O) groups is 1. The molecule has 1 aromatic heterocycles. The first-order chi connectivity index (χ1) is 11.7. The lowest BCUT2D eigenvalue weighted by Gasteiger charge is -2.02. The number of fused-ring (bicyclic) bond motifs is 1. The van der Waals surface area contributed by atoms with E-state index in [2.05, 4.69) is 43.1 Å². The van der Waals surface area contributed by atoms with Crippen LogP contribution in [0, 0.1) is 11.8 Å². The number of imidazole rings is 1. The van der Waals surface area contributed by atoms with Crippen molar-refractivity contribution in [3.63, 3.8) is 0 Å². The number of carbonyl (C=O) groups excluding carboxylic acids is 1. The number of nitrogens with zero attached hydrogens (tertiary/aromatic N) is 1. The summed E-state index contributed by atoms with van der Waals surface area (Å²) < 4.78 is 6.44. The summed E-state index contributed by atoms with van der Waals surface area (Å²) in [6.07, 6.45) is 1.60. The number of hydrogen-bond donors (Lipinski definition) is 2. The van der Waals surface area contributed by atoms with Gasteiger partial charge in [0.2, 0.25) is 0 Å². The highest BCUT2D eigenvalue weighted by Gasteiger charge is 2.05. The van der Waals surface area contributed by atoms with E-state index < -0.39 is 0 Å². The van der Waals surface area contributed by atoms with Crippen LogP contribution in [0.5, 0.6) is 5.75 Å². The van der Waals surface area contributed by atoms with Gasteiger partial charge in [-0.25, -0.2) is 4.98 Å². The quantitative estimate of drug-likeness (QED) is 0.680. The largest absolute Gasteiger partial charge is 0.481 e. The fourth-order valence-electron chi connectivity index (χ4n) is 2.09. The van der Waals surface area contributed by atoms with Gasteiger partial charge in [0.25, 0.3) is 5.91 Å². The standard InChI is InChI=1S/C18H14BrN3O2/c19-14-4-3-5-15(11-14)24-9-2-1-8-20-18(23)13-6-7-16-17(10-13)22-12-21-16/h3-7,10-12H,8-9H2,(H,20,23)(H,21,22). The first-order valence-electron chi connectivity index (χ1n) is 7.28. The maximum absolute atomic E-state index is 12.1.